The molecule has 1 aromatic heterocycles. The molecule has 0 saturated carbocycles. The van der Waals surface area contributed by atoms with Gasteiger partial charge < -0.3 is 14.8 Å². The number of nitrogens with zero attached hydrogens (tertiary/aromatic N) is 1. The topological polar surface area (TPSA) is 89.6 Å². The van der Waals surface area contributed by atoms with Crippen LogP contribution in [0.3, 0.4) is 0 Å². The van der Waals surface area contributed by atoms with Gasteiger partial charge in [-0.2, -0.15) is 0 Å². The van der Waals surface area contributed by atoms with E-state index in [-0.39, 0.29) is 11.8 Å². The van der Waals surface area contributed by atoms with Crippen LogP contribution < -0.4 is 10.6 Å². The van der Waals surface area contributed by atoms with Gasteiger partial charge in [-0.1, -0.05) is 36.4 Å². The van der Waals surface area contributed by atoms with Crippen LogP contribution in [-0.4, -0.2) is 37.6 Å². The highest BCUT2D eigenvalue weighted by molar-refractivity contribution is 7.14. The number of amides is 2. The minimum Gasteiger partial charge on any atom is -0.380 e. The van der Waals surface area contributed by atoms with Crippen LogP contribution in [0.15, 0.2) is 53.9 Å². The monoisotopic (exact) mass is 439 g/mol. The lowest BCUT2D eigenvalue weighted by Gasteiger charge is -2.09. The number of rotatable bonds is 10. The molecule has 0 aliphatic carbocycles. The molecular formula is C23H25N3O4S. The predicted molar refractivity (Wildman–Crippen MR) is 120 cm³/mol. The molecule has 0 aliphatic heterocycles. The van der Waals surface area contributed by atoms with Gasteiger partial charge in [0, 0.05) is 43.7 Å². The second kappa shape index (κ2) is 11.4. The molecule has 2 amide bonds. The average Bonchev–Trinajstić information content (AvgIpc) is 3.22. The number of benzene rings is 2. The molecule has 3 rings (SSSR count). The van der Waals surface area contributed by atoms with Crippen molar-refractivity contribution in [3.8, 4) is 0 Å². The van der Waals surface area contributed by atoms with E-state index in [1.54, 1.807) is 26.4 Å². The van der Waals surface area contributed by atoms with E-state index in [1.165, 1.54) is 11.3 Å². The molecule has 0 saturated heterocycles. The van der Waals surface area contributed by atoms with Crippen LogP contribution >= 0.6 is 11.3 Å². The first kappa shape index (κ1) is 22.6. The third-order valence-corrected chi connectivity index (χ3v) is 5.37. The van der Waals surface area contributed by atoms with E-state index in [0.29, 0.717) is 42.4 Å². The first-order valence-corrected chi connectivity index (χ1v) is 10.7. The molecule has 3 aromatic rings. The number of thiazole rings is 1. The first-order chi connectivity index (χ1) is 15.1. The number of anilines is 1. The van der Waals surface area contributed by atoms with Crippen molar-refractivity contribution < 1.29 is 19.1 Å². The van der Waals surface area contributed by atoms with Crippen LogP contribution in [0.5, 0.6) is 0 Å². The summed E-state index contributed by atoms with van der Waals surface area (Å²) < 4.78 is 10.3. The molecule has 0 unspecified atom stereocenters. The zero-order chi connectivity index (χ0) is 22.1. The molecule has 31 heavy (non-hydrogen) atoms. The molecule has 7 nitrogen and oxygen atoms in total. The second-order valence-electron chi connectivity index (χ2n) is 6.78. The molecule has 8 heteroatoms. The zero-order valence-electron chi connectivity index (χ0n) is 17.5. The van der Waals surface area contributed by atoms with E-state index in [9.17, 15) is 9.59 Å². The fourth-order valence-corrected chi connectivity index (χ4v) is 3.83. The van der Waals surface area contributed by atoms with Gasteiger partial charge in [0.25, 0.3) is 11.8 Å². The van der Waals surface area contributed by atoms with E-state index in [2.05, 4.69) is 15.6 Å². The summed E-state index contributed by atoms with van der Waals surface area (Å²) in [5.41, 5.74) is 3.62. The normalized spacial score (nSPS) is 10.6. The fraction of sp³-hybridized carbons (Fsp3) is 0.261. The van der Waals surface area contributed by atoms with Gasteiger partial charge in [-0.05, 0) is 23.3 Å². The third-order valence-electron chi connectivity index (χ3n) is 4.56. The maximum Gasteiger partial charge on any atom is 0.257 e. The molecule has 1 heterocycles. The maximum atomic E-state index is 12.6. The molecule has 0 bridgehead atoms. The minimum absolute atomic E-state index is 0.147. The lowest BCUT2D eigenvalue weighted by molar-refractivity contribution is 0.0948. The van der Waals surface area contributed by atoms with Crippen LogP contribution in [-0.2, 0) is 29.1 Å². The van der Waals surface area contributed by atoms with Gasteiger partial charge in [0.2, 0.25) is 0 Å². The Morgan fingerprint density at radius 1 is 0.903 bits per heavy atom. The number of carbonyl (C=O) groups excluding carboxylic acids is 2. The van der Waals surface area contributed by atoms with Crippen molar-refractivity contribution in [2.45, 2.75) is 19.6 Å². The van der Waals surface area contributed by atoms with E-state index < -0.39 is 0 Å². The van der Waals surface area contributed by atoms with Crippen molar-refractivity contribution >= 4 is 28.3 Å². The summed E-state index contributed by atoms with van der Waals surface area (Å²) >= 11 is 1.35. The number of carbonyl (C=O) groups is 2. The molecule has 0 aliphatic rings. The number of methoxy groups -OCH3 is 2. The Balaban J connectivity index is 1.54. The van der Waals surface area contributed by atoms with Crippen LogP contribution in [0, 0.1) is 0 Å². The summed E-state index contributed by atoms with van der Waals surface area (Å²) in [5.74, 6) is -0.372. The third kappa shape index (κ3) is 6.21. The molecule has 0 radical (unpaired) electrons. The lowest BCUT2D eigenvalue weighted by atomic mass is 10.1. The van der Waals surface area contributed by atoms with Crippen molar-refractivity contribution in [2.75, 3.05) is 26.1 Å². The van der Waals surface area contributed by atoms with Gasteiger partial charge in [-0.3, -0.25) is 14.9 Å². The number of hydrogen-bond donors (Lipinski definition) is 2. The highest BCUT2D eigenvalue weighted by atomic mass is 32.1. The first-order valence-electron chi connectivity index (χ1n) is 9.80. The van der Waals surface area contributed by atoms with E-state index in [0.717, 1.165) is 16.8 Å². The van der Waals surface area contributed by atoms with Crippen LogP contribution in [0.1, 0.15) is 37.5 Å². The Kier molecular flexibility index (Phi) is 8.28. The van der Waals surface area contributed by atoms with Gasteiger partial charge in [0.05, 0.1) is 18.9 Å². The summed E-state index contributed by atoms with van der Waals surface area (Å²) in [7, 11) is 3.19. The Morgan fingerprint density at radius 3 is 2.10 bits per heavy atom. The smallest absolute Gasteiger partial charge is 0.257 e. The van der Waals surface area contributed by atoms with Crippen LogP contribution in [0.2, 0.25) is 0 Å². The van der Waals surface area contributed by atoms with Gasteiger partial charge in [0.1, 0.15) is 0 Å². The molecule has 2 aromatic carbocycles. The molecule has 0 spiro atoms. The summed E-state index contributed by atoms with van der Waals surface area (Å²) in [6.07, 6.45) is 0.560. The Morgan fingerprint density at radius 2 is 1.48 bits per heavy atom. The summed E-state index contributed by atoms with van der Waals surface area (Å²) in [6.45, 7) is 1.18. The number of nitrogens with one attached hydrogen (secondary N) is 2. The summed E-state index contributed by atoms with van der Waals surface area (Å²) in [6, 6.07) is 14.7. The standard InChI is InChI=1S/C23H25N3O4S/c1-29-13-16-7-3-5-9-19(16)21(27)24-12-11-18-15-31-23(25-18)26-22(28)20-10-6-4-8-17(20)14-30-2/h3-10,15H,11-14H2,1-2H3,(H,24,27)(H,25,26,28). The molecule has 162 valence electrons. The van der Waals surface area contributed by atoms with Crippen molar-refractivity contribution in [1.82, 2.24) is 10.3 Å². The quantitative estimate of drug-likeness (QED) is 0.503. The van der Waals surface area contributed by atoms with Crippen LogP contribution in [0.4, 0.5) is 5.13 Å². The van der Waals surface area contributed by atoms with E-state index in [1.807, 2.05) is 41.8 Å². The molecule has 0 fully saturated rings. The highest BCUT2D eigenvalue weighted by Crippen LogP contribution is 2.18. The average molecular weight is 440 g/mol. The van der Waals surface area contributed by atoms with Gasteiger partial charge in [-0.25, -0.2) is 4.98 Å². The van der Waals surface area contributed by atoms with Gasteiger partial charge >= 0.3 is 0 Å². The number of hydrogen-bond acceptors (Lipinski definition) is 6. The zero-order valence-corrected chi connectivity index (χ0v) is 18.3. The molecule has 2 N–H and O–H groups in total. The maximum absolute atomic E-state index is 12.6. The van der Waals surface area contributed by atoms with Crippen molar-refractivity contribution in [3.63, 3.8) is 0 Å². The number of aromatic nitrogens is 1. The molecular weight excluding hydrogens is 414 g/mol. The minimum atomic E-state index is -0.225. The van der Waals surface area contributed by atoms with Crippen molar-refractivity contribution in [2.24, 2.45) is 0 Å². The molecule has 0 atom stereocenters. The fourth-order valence-electron chi connectivity index (χ4n) is 3.09. The second-order valence-corrected chi connectivity index (χ2v) is 7.64. The summed E-state index contributed by atoms with van der Waals surface area (Å²) in [4.78, 5) is 29.5. The van der Waals surface area contributed by atoms with E-state index in [4.69, 9.17) is 9.47 Å². The largest absolute Gasteiger partial charge is 0.380 e. The Labute approximate surface area is 185 Å². The van der Waals surface area contributed by atoms with Crippen molar-refractivity contribution in [1.29, 1.82) is 0 Å². The van der Waals surface area contributed by atoms with Crippen LogP contribution in [0.25, 0.3) is 0 Å². The van der Waals surface area contributed by atoms with E-state index >= 15 is 0 Å². The van der Waals surface area contributed by atoms with Gasteiger partial charge in [-0.15, -0.1) is 11.3 Å². The van der Waals surface area contributed by atoms with Crippen molar-refractivity contribution in [3.05, 3.63) is 81.9 Å². The van der Waals surface area contributed by atoms with Gasteiger partial charge in [0.15, 0.2) is 5.13 Å². The SMILES string of the molecule is COCc1ccccc1C(=O)NCCc1csc(NC(=O)c2ccccc2COC)n1. The lowest BCUT2D eigenvalue weighted by Crippen LogP contribution is -2.26. The Hall–Kier alpha value is -3.07. The Bertz CT molecular complexity index is 1030. The number of ether oxygens (including phenoxy) is 2. The summed E-state index contributed by atoms with van der Waals surface area (Å²) in [5, 5.41) is 8.14. The highest BCUT2D eigenvalue weighted by Gasteiger charge is 2.14. The predicted octanol–water partition coefficient (Wildman–Crippen LogP) is 3.66.